The van der Waals surface area contributed by atoms with E-state index in [0.717, 1.165) is 5.75 Å². The highest BCUT2D eigenvalue weighted by molar-refractivity contribution is 7.84. The largest absolute Gasteiger partial charge is 0.464 e. The van der Waals surface area contributed by atoms with E-state index in [0.29, 0.717) is 0 Å². The van der Waals surface area contributed by atoms with Gasteiger partial charge in [0.25, 0.3) is 0 Å². The molecule has 222 valence electrons. The Morgan fingerprint density at radius 1 is 0.261 bits per heavy atom. The molecular formula is C42H33OP3. The molecule has 7 aromatic carbocycles. The second-order valence-electron chi connectivity index (χ2n) is 10.7. The number of rotatable bonds is 10. The van der Waals surface area contributed by atoms with Gasteiger partial charge in [0.1, 0.15) is 5.75 Å². The Morgan fingerprint density at radius 3 is 0.848 bits per heavy atom. The number of benzene rings is 7. The molecule has 0 saturated heterocycles. The van der Waals surface area contributed by atoms with Crippen molar-refractivity contribution in [2.45, 2.75) is 0 Å². The summed E-state index contributed by atoms with van der Waals surface area (Å²) in [7, 11) is -2.93. The minimum absolute atomic E-state index is 0.835. The highest BCUT2D eigenvalue weighted by Gasteiger charge is 2.30. The molecule has 0 unspecified atom stereocenters. The van der Waals surface area contributed by atoms with Gasteiger partial charge in [-0.05, 0) is 59.8 Å². The second kappa shape index (κ2) is 14.8. The fourth-order valence-corrected chi connectivity index (χ4v) is 13.2. The average molecular weight is 647 g/mol. The van der Waals surface area contributed by atoms with Crippen LogP contribution in [0.25, 0.3) is 0 Å². The van der Waals surface area contributed by atoms with E-state index in [1.807, 2.05) is 6.07 Å². The lowest BCUT2D eigenvalue weighted by molar-refractivity contribution is 0.630. The molecule has 0 aromatic heterocycles. The monoisotopic (exact) mass is 646 g/mol. The summed E-state index contributed by atoms with van der Waals surface area (Å²) in [6.45, 7) is 0. The molecule has 0 heterocycles. The number of para-hydroxylation sites is 1. The van der Waals surface area contributed by atoms with Gasteiger partial charge in [0.05, 0.1) is 0 Å². The smallest absolute Gasteiger partial charge is 0.152 e. The molecule has 0 spiro atoms. The predicted octanol–water partition coefficient (Wildman–Crippen LogP) is 7.63. The van der Waals surface area contributed by atoms with Crippen molar-refractivity contribution in [3.63, 3.8) is 0 Å². The van der Waals surface area contributed by atoms with Crippen molar-refractivity contribution >= 4 is 66.4 Å². The van der Waals surface area contributed by atoms with Crippen LogP contribution in [0.5, 0.6) is 5.75 Å². The molecule has 1 nitrogen and oxygen atoms in total. The van der Waals surface area contributed by atoms with Crippen LogP contribution >= 0.6 is 24.0 Å². The van der Waals surface area contributed by atoms with Crippen molar-refractivity contribution in [2.24, 2.45) is 0 Å². The van der Waals surface area contributed by atoms with Crippen LogP contribution in [-0.4, -0.2) is 0 Å². The van der Waals surface area contributed by atoms with Gasteiger partial charge in [-0.2, -0.15) is 0 Å². The fourth-order valence-electron chi connectivity index (χ4n) is 5.63. The Balaban J connectivity index is 1.46. The summed E-state index contributed by atoms with van der Waals surface area (Å²) in [5, 5.41) is 10.5. The van der Waals surface area contributed by atoms with Gasteiger partial charge in [0.2, 0.25) is 0 Å². The third-order valence-corrected chi connectivity index (χ3v) is 15.1. The summed E-state index contributed by atoms with van der Waals surface area (Å²) in [6.07, 6.45) is 0. The molecule has 0 saturated carbocycles. The molecule has 0 fully saturated rings. The van der Waals surface area contributed by atoms with Crippen molar-refractivity contribution < 1.29 is 4.52 Å². The molecule has 7 aromatic rings. The summed E-state index contributed by atoms with van der Waals surface area (Å²) in [6, 6.07) is 72.1. The summed E-state index contributed by atoms with van der Waals surface area (Å²) in [4.78, 5) is 0. The maximum absolute atomic E-state index is 7.20. The van der Waals surface area contributed by atoms with Crippen molar-refractivity contribution in [1.82, 2.24) is 0 Å². The first kappa shape index (κ1) is 30.3. The van der Waals surface area contributed by atoms with Crippen molar-refractivity contribution in [3.8, 4) is 5.75 Å². The quantitative estimate of drug-likeness (QED) is 0.139. The van der Waals surface area contributed by atoms with Crippen molar-refractivity contribution in [1.29, 1.82) is 0 Å². The molecule has 0 bridgehead atoms. The van der Waals surface area contributed by atoms with Crippen LogP contribution < -0.4 is 47.0 Å². The van der Waals surface area contributed by atoms with Crippen molar-refractivity contribution in [2.75, 3.05) is 0 Å². The first-order valence-corrected chi connectivity index (χ1v) is 19.3. The average Bonchev–Trinajstić information content (AvgIpc) is 3.14. The normalized spacial score (nSPS) is 11.2. The Labute approximate surface area is 275 Å². The van der Waals surface area contributed by atoms with E-state index in [1.165, 1.54) is 42.4 Å². The molecule has 0 aliphatic heterocycles. The zero-order chi connectivity index (χ0) is 31.0. The Morgan fingerprint density at radius 2 is 0.522 bits per heavy atom. The molecule has 46 heavy (non-hydrogen) atoms. The zero-order valence-electron chi connectivity index (χ0n) is 25.3. The SMILES string of the molecule is c1ccc(OP(c2ccccc2P(c2ccccc2)c2ccccc2)c2ccccc2P(c2ccccc2)c2ccccc2)cc1. The Kier molecular flexibility index (Phi) is 9.76. The molecule has 7 rings (SSSR count). The van der Waals surface area contributed by atoms with Crippen LogP contribution in [-0.2, 0) is 0 Å². The Hall–Kier alpha value is -4.37. The van der Waals surface area contributed by atoms with E-state index in [2.05, 4.69) is 194 Å². The van der Waals surface area contributed by atoms with E-state index < -0.39 is 24.0 Å². The van der Waals surface area contributed by atoms with Gasteiger partial charge in [-0.15, -0.1) is 0 Å². The predicted molar refractivity (Wildman–Crippen MR) is 204 cm³/mol. The maximum atomic E-state index is 7.20. The van der Waals surface area contributed by atoms with E-state index in [4.69, 9.17) is 4.52 Å². The van der Waals surface area contributed by atoms with Gasteiger partial charge in [-0.1, -0.05) is 188 Å². The van der Waals surface area contributed by atoms with Gasteiger partial charge < -0.3 is 4.52 Å². The molecule has 0 aliphatic carbocycles. The maximum Gasteiger partial charge on any atom is 0.152 e. The minimum atomic E-state index is -1.26. The van der Waals surface area contributed by atoms with Crippen LogP contribution in [0.2, 0.25) is 0 Å². The summed E-state index contributed by atoms with van der Waals surface area (Å²) >= 11 is 0. The van der Waals surface area contributed by atoms with Crippen LogP contribution in [0.1, 0.15) is 0 Å². The van der Waals surface area contributed by atoms with Crippen LogP contribution in [0.3, 0.4) is 0 Å². The first-order valence-electron chi connectivity index (χ1n) is 15.4. The van der Waals surface area contributed by atoms with Crippen LogP contribution in [0, 0.1) is 0 Å². The molecule has 0 radical (unpaired) electrons. The number of hydrogen-bond acceptors (Lipinski definition) is 1. The van der Waals surface area contributed by atoms with Gasteiger partial charge in [0, 0.05) is 10.6 Å². The third-order valence-electron chi connectivity index (χ3n) is 7.68. The summed E-state index contributed by atoms with van der Waals surface area (Å²) in [5.41, 5.74) is 0. The zero-order valence-corrected chi connectivity index (χ0v) is 28.0. The Bertz CT molecular complexity index is 1760. The van der Waals surface area contributed by atoms with Gasteiger partial charge in [-0.25, -0.2) is 0 Å². The van der Waals surface area contributed by atoms with E-state index in [-0.39, 0.29) is 0 Å². The second-order valence-corrected chi connectivity index (χ2v) is 16.8. The lowest BCUT2D eigenvalue weighted by Gasteiger charge is -2.29. The van der Waals surface area contributed by atoms with E-state index >= 15 is 0 Å². The van der Waals surface area contributed by atoms with Gasteiger partial charge in [0.15, 0.2) is 8.15 Å². The highest BCUT2D eigenvalue weighted by atomic mass is 31.1. The first-order chi connectivity index (χ1) is 22.9. The molecule has 0 aliphatic rings. The van der Waals surface area contributed by atoms with Gasteiger partial charge >= 0.3 is 0 Å². The highest BCUT2D eigenvalue weighted by Crippen LogP contribution is 2.43. The molecule has 0 amide bonds. The topological polar surface area (TPSA) is 9.23 Å². The van der Waals surface area contributed by atoms with Gasteiger partial charge in [-0.3, -0.25) is 0 Å². The lowest BCUT2D eigenvalue weighted by Crippen LogP contribution is -2.37. The fraction of sp³-hybridized carbons (Fsp3) is 0. The van der Waals surface area contributed by atoms with E-state index in [9.17, 15) is 0 Å². The molecular weight excluding hydrogens is 613 g/mol. The minimum Gasteiger partial charge on any atom is -0.464 e. The molecule has 0 atom stereocenters. The molecule has 0 N–H and O–H groups in total. The molecule has 4 heteroatoms. The third kappa shape index (κ3) is 6.75. The lowest BCUT2D eigenvalue weighted by atomic mass is 10.3. The number of hydrogen-bond donors (Lipinski definition) is 0. The summed E-state index contributed by atoms with van der Waals surface area (Å²) < 4.78 is 7.20. The van der Waals surface area contributed by atoms with Crippen LogP contribution in [0.15, 0.2) is 200 Å². The summed E-state index contributed by atoms with van der Waals surface area (Å²) in [5.74, 6) is 0.880. The standard InChI is InChI=1S/C42H33OP3/c1-6-20-34(21-7-1)43-46(41-32-18-16-30-39(41)44(35-22-8-2-9-23-35)36-24-10-3-11-25-36)42-33-19-17-31-40(42)45(37-26-12-4-13-27-37)38-28-14-5-15-29-38/h1-33H. The van der Waals surface area contributed by atoms with Crippen molar-refractivity contribution in [3.05, 3.63) is 200 Å². The van der Waals surface area contributed by atoms with Crippen LogP contribution in [0.4, 0.5) is 0 Å². The van der Waals surface area contributed by atoms with E-state index in [1.54, 1.807) is 0 Å².